The third-order valence-electron chi connectivity index (χ3n) is 5.43. The molecule has 0 bridgehead atoms. The molecule has 0 saturated heterocycles. The zero-order chi connectivity index (χ0) is 19.6. The number of hydrogen-bond acceptors (Lipinski definition) is 4. The normalized spacial score (nSPS) is 22.5. The first-order valence-corrected chi connectivity index (χ1v) is 9.59. The molecular formula is C22H25ClN2O2. The van der Waals surface area contributed by atoms with Crippen LogP contribution in [0.1, 0.15) is 41.6 Å². The van der Waals surface area contributed by atoms with Crippen molar-refractivity contribution >= 4 is 28.9 Å². The number of Topliss-reactive ketones (excluding diaryl/α,β-unsaturated/α-hetero) is 2. The first kappa shape index (κ1) is 19.6. The maximum Gasteiger partial charge on any atom is 0.163 e. The largest absolute Gasteiger partial charge is 0.378 e. The third-order valence-corrected chi connectivity index (χ3v) is 5.76. The van der Waals surface area contributed by atoms with E-state index in [1.54, 1.807) is 6.07 Å². The maximum absolute atomic E-state index is 13.2. The lowest BCUT2D eigenvalue weighted by Gasteiger charge is -2.37. The van der Waals surface area contributed by atoms with E-state index in [-0.39, 0.29) is 23.9 Å². The summed E-state index contributed by atoms with van der Waals surface area (Å²) in [6.07, 6.45) is 2.22. The summed E-state index contributed by atoms with van der Waals surface area (Å²) in [5, 5.41) is 0.500. The van der Waals surface area contributed by atoms with Gasteiger partial charge in [0.05, 0.1) is 0 Å². The van der Waals surface area contributed by atoms with Crippen LogP contribution in [0.4, 0.5) is 5.69 Å². The minimum atomic E-state index is -1.11. The molecule has 0 aliphatic heterocycles. The molecule has 3 rings (SSSR count). The summed E-state index contributed by atoms with van der Waals surface area (Å²) in [6.45, 7) is 0. The fourth-order valence-electron chi connectivity index (χ4n) is 3.82. The Balaban J connectivity index is 1.78. The standard InChI is InChI=1S/C22H25ClN2O2/c1-25(2)17-11-9-15(10-12-17)20(26)14-16-6-5-13-22(24,21(16)27)18-7-3-4-8-19(18)23/h3-4,7-12,16H,5-6,13-14,24H2,1-2H3. The molecule has 0 radical (unpaired) electrons. The van der Waals surface area contributed by atoms with Crippen LogP contribution >= 0.6 is 11.6 Å². The molecule has 0 amide bonds. The molecule has 1 fully saturated rings. The van der Waals surface area contributed by atoms with Gasteiger partial charge in [-0.05, 0) is 48.7 Å². The Kier molecular flexibility index (Phi) is 5.68. The summed E-state index contributed by atoms with van der Waals surface area (Å²) in [5.74, 6) is -0.483. The number of halogens is 1. The average Bonchev–Trinajstić information content (AvgIpc) is 2.66. The highest BCUT2D eigenvalue weighted by atomic mass is 35.5. The van der Waals surface area contributed by atoms with E-state index >= 15 is 0 Å². The van der Waals surface area contributed by atoms with Gasteiger partial charge in [0, 0.05) is 42.7 Å². The number of rotatable bonds is 5. The molecule has 2 unspecified atom stereocenters. The van der Waals surface area contributed by atoms with Crippen LogP contribution in [0, 0.1) is 5.92 Å². The predicted molar refractivity (Wildman–Crippen MR) is 109 cm³/mol. The van der Waals surface area contributed by atoms with Crippen molar-refractivity contribution < 1.29 is 9.59 Å². The highest BCUT2D eigenvalue weighted by molar-refractivity contribution is 6.31. The maximum atomic E-state index is 13.2. The highest BCUT2D eigenvalue weighted by Gasteiger charge is 2.44. The Bertz CT molecular complexity index is 848. The molecule has 2 N–H and O–H groups in total. The second-order valence-electron chi connectivity index (χ2n) is 7.47. The van der Waals surface area contributed by atoms with Gasteiger partial charge in [0.1, 0.15) is 5.54 Å². The minimum Gasteiger partial charge on any atom is -0.378 e. The third kappa shape index (κ3) is 3.92. The van der Waals surface area contributed by atoms with Gasteiger partial charge in [0.15, 0.2) is 11.6 Å². The Morgan fingerprint density at radius 1 is 1.19 bits per heavy atom. The van der Waals surface area contributed by atoms with E-state index in [0.717, 1.165) is 12.1 Å². The van der Waals surface area contributed by atoms with Gasteiger partial charge in [-0.3, -0.25) is 9.59 Å². The van der Waals surface area contributed by atoms with Gasteiger partial charge in [-0.15, -0.1) is 0 Å². The molecule has 1 aliphatic rings. The molecule has 1 saturated carbocycles. The molecule has 5 heteroatoms. The van der Waals surface area contributed by atoms with E-state index in [4.69, 9.17) is 17.3 Å². The summed E-state index contributed by atoms with van der Waals surface area (Å²) in [6, 6.07) is 14.7. The van der Waals surface area contributed by atoms with Gasteiger partial charge in [-0.2, -0.15) is 0 Å². The lowest BCUT2D eigenvalue weighted by Crippen LogP contribution is -2.51. The fraction of sp³-hybridized carbons (Fsp3) is 0.364. The van der Waals surface area contributed by atoms with Crippen LogP contribution in [-0.2, 0) is 10.3 Å². The second-order valence-corrected chi connectivity index (χ2v) is 7.88. The van der Waals surface area contributed by atoms with Crippen molar-refractivity contribution in [3.8, 4) is 0 Å². The van der Waals surface area contributed by atoms with Crippen molar-refractivity contribution in [1.82, 2.24) is 0 Å². The highest BCUT2D eigenvalue weighted by Crippen LogP contribution is 2.39. The van der Waals surface area contributed by atoms with Crippen LogP contribution in [0.15, 0.2) is 48.5 Å². The smallest absolute Gasteiger partial charge is 0.163 e. The number of carbonyl (C=O) groups excluding carboxylic acids is 2. The summed E-state index contributed by atoms with van der Waals surface area (Å²) < 4.78 is 0. The van der Waals surface area contributed by atoms with E-state index in [1.807, 2.05) is 61.5 Å². The molecule has 1 aliphatic carbocycles. The molecule has 0 heterocycles. The number of nitrogens with two attached hydrogens (primary N) is 1. The Hall–Kier alpha value is -2.17. The molecule has 0 aromatic heterocycles. The van der Waals surface area contributed by atoms with Crippen LogP contribution in [0.2, 0.25) is 5.02 Å². The quantitative estimate of drug-likeness (QED) is 0.784. The lowest BCUT2D eigenvalue weighted by atomic mass is 9.70. The summed E-state index contributed by atoms with van der Waals surface area (Å²) >= 11 is 6.30. The van der Waals surface area contributed by atoms with E-state index in [0.29, 0.717) is 29.0 Å². The molecule has 2 aromatic carbocycles. The zero-order valence-electron chi connectivity index (χ0n) is 15.7. The number of anilines is 1. The lowest BCUT2D eigenvalue weighted by molar-refractivity contribution is -0.131. The molecule has 2 atom stereocenters. The molecule has 4 nitrogen and oxygen atoms in total. The van der Waals surface area contributed by atoms with Gasteiger partial charge in [-0.1, -0.05) is 36.2 Å². The van der Waals surface area contributed by atoms with Crippen LogP contribution in [0.25, 0.3) is 0 Å². The molecule has 0 spiro atoms. The average molecular weight is 385 g/mol. The monoisotopic (exact) mass is 384 g/mol. The van der Waals surface area contributed by atoms with Crippen LogP contribution < -0.4 is 10.6 Å². The topological polar surface area (TPSA) is 63.4 Å². The van der Waals surface area contributed by atoms with Crippen molar-refractivity contribution in [3.05, 3.63) is 64.7 Å². The molecular weight excluding hydrogens is 360 g/mol. The van der Waals surface area contributed by atoms with Crippen molar-refractivity contribution in [1.29, 1.82) is 0 Å². The number of benzene rings is 2. The Morgan fingerprint density at radius 3 is 2.48 bits per heavy atom. The van der Waals surface area contributed by atoms with Crippen molar-refractivity contribution in [3.63, 3.8) is 0 Å². The van der Waals surface area contributed by atoms with Gasteiger partial charge in [0.2, 0.25) is 0 Å². The van der Waals surface area contributed by atoms with Crippen molar-refractivity contribution in [2.24, 2.45) is 11.7 Å². The fourth-order valence-corrected chi connectivity index (χ4v) is 4.12. The van der Waals surface area contributed by atoms with Gasteiger partial charge in [0.25, 0.3) is 0 Å². The van der Waals surface area contributed by atoms with Gasteiger partial charge in [-0.25, -0.2) is 0 Å². The van der Waals surface area contributed by atoms with E-state index in [1.165, 1.54) is 0 Å². The SMILES string of the molecule is CN(C)c1ccc(C(=O)CC2CCCC(N)(c3ccccc3Cl)C2=O)cc1. The first-order chi connectivity index (χ1) is 12.8. The summed E-state index contributed by atoms with van der Waals surface area (Å²) in [7, 11) is 3.90. The summed E-state index contributed by atoms with van der Waals surface area (Å²) in [4.78, 5) is 27.9. The zero-order valence-corrected chi connectivity index (χ0v) is 16.5. The number of carbonyl (C=O) groups is 2. The number of ketones is 2. The Labute approximate surface area is 165 Å². The first-order valence-electron chi connectivity index (χ1n) is 9.21. The van der Waals surface area contributed by atoms with Crippen molar-refractivity contribution in [2.45, 2.75) is 31.2 Å². The van der Waals surface area contributed by atoms with Gasteiger partial charge < -0.3 is 10.6 Å². The molecule has 2 aromatic rings. The molecule has 142 valence electrons. The Morgan fingerprint density at radius 2 is 1.85 bits per heavy atom. The van der Waals surface area contributed by atoms with E-state index in [2.05, 4.69) is 0 Å². The second kappa shape index (κ2) is 7.83. The van der Waals surface area contributed by atoms with E-state index < -0.39 is 5.54 Å². The number of hydrogen-bond donors (Lipinski definition) is 1. The van der Waals surface area contributed by atoms with Crippen LogP contribution in [0.3, 0.4) is 0 Å². The van der Waals surface area contributed by atoms with Crippen LogP contribution in [0.5, 0.6) is 0 Å². The number of nitrogens with zero attached hydrogens (tertiary/aromatic N) is 1. The predicted octanol–water partition coefficient (Wildman–Crippen LogP) is 4.20. The van der Waals surface area contributed by atoms with Crippen LogP contribution in [-0.4, -0.2) is 25.7 Å². The molecule has 27 heavy (non-hydrogen) atoms. The van der Waals surface area contributed by atoms with Crippen molar-refractivity contribution in [2.75, 3.05) is 19.0 Å². The minimum absolute atomic E-state index is 0.0259. The van der Waals surface area contributed by atoms with Gasteiger partial charge >= 0.3 is 0 Å². The summed E-state index contributed by atoms with van der Waals surface area (Å²) in [5.41, 5.74) is 7.73. The van der Waals surface area contributed by atoms with E-state index in [9.17, 15) is 9.59 Å².